The molecule has 0 aliphatic heterocycles. The molecule has 0 aromatic rings. The quantitative estimate of drug-likeness (QED) is 0.552. The van der Waals surface area contributed by atoms with Crippen LogP contribution in [0, 0.1) is 17.3 Å². The molecular weight excluding hydrogens is 184 g/mol. The van der Waals surface area contributed by atoms with Gasteiger partial charge in [0, 0.05) is 12.3 Å². The van der Waals surface area contributed by atoms with E-state index >= 15 is 0 Å². The van der Waals surface area contributed by atoms with Crippen LogP contribution < -0.4 is 0 Å². The molecule has 2 aliphatic carbocycles. The summed E-state index contributed by atoms with van der Waals surface area (Å²) in [6.45, 7) is 6.83. The lowest BCUT2D eigenvalue weighted by Crippen LogP contribution is -2.38. The van der Waals surface area contributed by atoms with E-state index in [0.717, 1.165) is 12.8 Å². The zero-order valence-corrected chi connectivity index (χ0v) is 10.2. The standard InChI is InChI=1S/C14H22O/c1-10-7-8-14(3)11(2)5-4-6-13(15)12(14)9-10/h9,11-12H,4-8H2,1-3H3/t11?,12-,14+/m0/s1. The van der Waals surface area contributed by atoms with Crippen molar-refractivity contribution in [3.8, 4) is 0 Å². The Morgan fingerprint density at radius 3 is 2.87 bits per heavy atom. The number of carbonyl (C=O) groups is 1. The molecular formula is C14H22O. The largest absolute Gasteiger partial charge is 0.299 e. The van der Waals surface area contributed by atoms with Gasteiger partial charge in [-0.2, -0.15) is 0 Å². The van der Waals surface area contributed by atoms with Crippen LogP contribution in [0.2, 0.25) is 0 Å². The number of hydrogen-bond acceptors (Lipinski definition) is 1. The Bertz CT molecular complexity index is 302. The predicted octanol–water partition coefficient (Wildman–Crippen LogP) is 3.74. The zero-order valence-electron chi connectivity index (χ0n) is 10.2. The summed E-state index contributed by atoms with van der Waals surface area (Å²) in [6.07, 6.45) is 7.77. The summed E-state index contributed by atoms with van der Waals surface area (Å²) in [5.74, 6) is 1.39. The van der Waals surface area contributed by atoms with Gasteiger partial charge in [-0.1, -0.05) is 25.5 Å². The summed E-state index contributed by atoms with van der Waals surface area (Å²) in [4.78, 5) is 12.1. The van der Waals surface area contributed by atoms with Crippen molar-refractivity contribution in [3.63, 3.8) is 0 Å². The van der Waals surface area contributed by atoms with Gasteiger partial charge in [0.15, 0.2) is 0 Å². The third-order valence-corrected chi connectivity index (χ3v) is 4.75. The topological polar surface area (TPSA) is 17.1 Å². The molecule has 84 valence electrons. The smallest absolute Gasteiger partial charge is 0.140 e. The molecule has 1 heteroatoms. The Kier molecular flexibility index (Phi) is 2.74. The minimum atomic E-state index is 0.212. The number of allylic oxidation sites excluding steroid dienone is 2. The number of ketones is 1. The number of rotatable bonds is 0. The lowest BCUT2D eigenvalue weighted by Gasteiger charge is -2.42. The molecule has 3 atom stereocenters. The molecule has 0 aromatic carbocycles. The fraction of sp³-hybridized carbons (Fsp3) is 0.786. The molecule has 1 unspecified atom stereocenters. The Labute approximate surface area is 92.9 Å². The van der Waals surface area contributed by atoms with Crippen molar-refractivity contribution in [2.24, 2.45) is 17.3 Å². The molecule has 0 heterocycles. The molecule has 0 amide bonds. The van der Waals surface area contributed by atoms with Crippen LogP contribution in [0.4, 0.5) is 0 Å². The van der Waals surface area contributed by atoms with E-state index in [1.165, 1.54) is 24.8 Å². The second kappa shape index (κ2) is 3.77. The molecule has 0 N–H and O–H groups in total. The highest BCUT2D eigenvalue weighted by atomic mass is 16.1. The average Bonchev–Trinajstić information content (AvgIpc) is 2.30. The first-order valence-electron chi connectivity index (χ1n) is 6.24. The van der Waals surface area contributed by atoms with E-state index in [0.29, 0.717) is 11.7 Å². The Hall–Kier alpha value is -0.590. The Morgan fingerprint density at radius 1 is 1.40 bits per heavy atom. The van der Waals surface area contributed by atoms with Gasteiger partial charge in [0.25, 0.3) is 0 Å². The van der Waals surface area contributed by atoms with Crippen molar-refractivity contribution in [3.05, 3.63) is 11.6 Å². The van der Waals surface area contributed by atoms with Gasteiger partial charge in [-0.3, -0.25) is 4.79 Å². The number of carbonyl (C=O) groups excluding carboxylic acids is 1. The van der Waals surface area contributed by atoms with Gasteiger partial charge < -0.3 is 0 Å². The van der Waals surface area contributed by atoms with Crippen LogP contribution in [-0.2, 0) is 4.79 Å². The molecule has 2 rings (SSSR count). The second-order valence-electron chi connectivity index (χ2n) is 5.76. The average molecular weight is 206 g/mol. The highest BCUT2D eigenvalue weighted by Crippen LogP contribution is 2.49. The van der Waals surface area contributed by atoms with Gasteiger partial charge in [-0.05, 0) is 43.9 Å². The highest BCUT2D eigenvalue weighted by molar-refractivity contribution is 5.84. The summed E-state index contributed by atoms with van der Waals surface area (Å²) in [5.41, 5.74) is 1.66. The van der Waals surface area contributed by atoms with Crippen molar-refractivity contribution in [1.82, 2.24) is 0 Å². The molecule has 1 saturated carbocycles. The van der Waals surface area contributed by atoms with Crippen molar-refractivity contribution in [2.75, 3.05) is 0 Å². The third kappa shape index (κ3) is 1.77. The number of hydrogen-bond donors (Lipinski definition) is 0. The van der Waals surface area contributed by atoms with Gasteiger partial charge in [0.1, 0.15) is 5.78 Å². The van der Waals surface area contributed by atoms with Crippen LogP contribution in [0.25, 0.3) is 0 Å². The molecule has 0 bridgehead atoms. The number of Topliss-reactive ketones (excluding diaryl/α,β-unsaturated/α-hetero) is 1. The fourth-order valence-corrected chi connectivity index (χ4v) is 3.26. The second-order valence-corrected chi connectivity index (χ2v) is 5.76. The highest BCUT2D eigenvalue weighted by Gasteiger charge is 2.44. The van der Waals surface area contributed by atoms with Crippen molar-refractivity contribution in [2.45, 2.75) is 52.9 Å². The van der Waals surface area contributed by atoms with Gasteiger partial charge >= 0.3 is 0 Å². The predicted molar refractivity (Wildman–Crippen MR) is 62.6 cm³/mol. The van der Waals surface area contributed by atoms with Gasteiger partial charge in [-0.25, -0.2) is 0 Å². The normalized spacial score (nSPS) is 41.8. The first kappa shape index (κ1) is 10.9. The summed E-state index contributed by atoms with van der Waals surface area (Å²) in [7, 11) is 0. The van der Waals surface area contributed by atoms with Gasteiger partial charge in [-0.15, -0.1) is 0 Å². The van der Waals surface area contributed by atoms with Crippen molar-refractivity contribution >= 4 is 5.78 Å². The molecule has 15 heavy (non-hydrogen) atoms. The Balaban J connectivity index is 2.38. The monoisotopic (exact) mass is 206 g/mol. The summed E-state index contributed by atoms with van der Waals surface area (Å²) in [6, 6.07) is 0. The van der Waals surface area contributed by atoms with E-state index in [4.69, 9.17) is 0 Å². The van der Waals surface area contributed by atoms with Crippen molar-refractivity contribution in [1.29, 1.82) is 0 Å². The van der Waals surface area contributed by atoms with Crippen LogP contribution in [0.3, 0.4) is 0 Å². The van der Waals surface area contributed by atoms with E-state index in [2.05, 4.69) is 26.8 Å². The van der Waals surface area contributed by atoms with Crippen LogP contribution in [0.5, 0.6) is 0 Å². The van der Waals surface area contributed by atoms with E-state index < -0.39 is 0 Å². The maximum atomic E-state index is 12.1. The minimum absolute atomic E-state index is 0.212. The summed E-state index contributed by atoms with van der Waals surface area (Å²) < 4.78 is 0. The first-order valence-corrected chi connectivity index (χ1v) is 6.24. The summed E-state index contributed by atoms with van der Waals surface area (Å²) in [5, 5.41) is 0. The molecule has 1 fully saturated rings. The maximum Gasteiger partial charge on any atom is 0.140 e. The SMILES string of the molecule is CC1=C[C@H]2C(=O)CCCC(C)[C@@]2(C)CC1. The molecule has 0 radical (unpaired) electrons. The maximum absolute atomic E-state index is 12.1. The lowest BCUT2D eigenvalue weighted by atomic mass is 9.61. The van der Waals surface area contributed by atoms with Crippen LogP contribution in [-0.4, -0.2) is 5.78 Å². The van der Waals surface area contributed by atoms with Gasteiger partial charge in [0.05, 0.1) is 0 Å². The fourth-order valence-electron chi connectivity index (χ4n) is 3.26. The van der Waals surface area contributed by atoms with Gasteiger partial charge in [0.2, 0.25) is 0 Å². The van der Waals surface area contributed by atoms with E-state index in [1.54, 1.807) is 0 Å². The number of fused-ring (bicyclic) bond motifs is 1. The molecule has 1 nitrogen and oxygen atoms in total. The molecule has 0 aromatic heterocycles. The molecule has 0 spiro atoms. The summed E-state index contributed by atoms with van der Waals surface area (Å²) >= 11 is 0. The van der Waals surface area contributed by atoms with E-state index in [-0.39, 0.29) is 11.3 Å². The molecule has 0 saturated heterocycles. The minimum Gasteiger partial charge on any atom is -0.299 e. The van der Waals surface area contributed by atoms with Crippen LogP contribution in [0.15, 0.2) is 11.6 Å². The first-order chi connectivity index (χ1) is 7.04. The van der Waals surface area contributed by atoms with Crippen LogP contribution in [0.1, 0.15) is 52.9 Å². The van der Waals surface area contributed by atoms with E-state index in [9.17, 15) is 4.79 Å². The van der Waals surface area contributed by atoms with Crippen LogP contribution >= 0.6 is 0 Å². The lowest BCUT2D eigenvalue weighted by molar-refractivity contribution is -0.125. The van der Waals surface area contributed by atoms with Crippen molar-refractivity contribution < 1.29 is 4.79 Å². The Morgan fingerprint density at radius 2 is 2.13 bits per heavy atom. The third-order valence-electron chi connectivity index (χ3n) is 4.75. The van der Waals surface area contributed by atoms with E-state index in [1.807, 2.05) is 0 Å². The zero-order chi connectivity index (χ0) is 11.1. The molecule has 2 aliphatic rings.